The van der Waals surface area contributed by atoms with Gasteiger partial charge in [-0.1, -0.05) is 24.3 Å². The Morgan fingerprint density at radius 3 is 2.74 bits per heavy atom. The minimum atomic E-state index is 0.980. The molecule has 19 heavy (non-hydrogen) atoms. The predicted octanol–water partition coefficient (Wildman–Crippen LogP) is 3.03. The molecule has 100 valence electrons. The van der Waals surface area contributed by atoms with Gasteiger partial charge in [-0.05, 0) is 36.7 Å². The van der Waals surface area contributed by atoms with E-state index in [9.17, 15) is 0 Å². The zero-order chi connectivity index (χ0) is 13.1. The van der Waals surface area contributed by atoms with Crippen molar-refractivity contribution in [2.75, 3.05) is 13.6 Å². The highest BCUT2D eigenvalue weighted by Gasteiger charge is 2.16. The Hall–Kier alpha value is -1.16. The van der Waals surface area contributed by atoms with Crippen LogP contribution in [0.1, 0.15) is 20.9 Å². The molecule has 0 saturated carbocycles. The summed E-state index contributed by atoms with van der Waals surface area (Å²) in [5.41, 5.74) is 3.03. The van der Waals surface area contributed by atoms with Gasteiger partial charge in [0, 0.05) is 35.9 Å². The third-order valence-corrected chi connectivity index (χ3v) is 4.73. The molecule has 1 aromatic heterocycles. The average molecular weight is 272 g/mol. The molecule has 2 nitrogen and oxygen atoms in total. The summed E-state index contributed by atoms with van der Waals surface area (Å²) in [7, 11) is 2.00. The van der Waals surface area contributed by atoms with E-state index in [1.54, 1.807) is 0 Å². The van der Waals surface area contributed by atoms with E-state index in [0.29, 0.717) is 0 Å². The molecule has 0 saturated heterocycles. The number of rotatable bonds is 4. The highest BCUT2D eigenvalue weighted by molar-refractivity contribution is 7.11. The Morgan fingerprint density at radius 2 is 1.89 bits per heavy atom. The van der Waals surface area contributed by atoms with Crippen LogP contribution in [0, 0.1) is 0 Å². The second kappa shape index (κ2) is 5.87. The van der Waals surface area contributed by atoms with Crippen LogP contribution in [0.2, 0.25) is 0 Å². The number of nitrogens with zero attached hydrogens (tertiary/aromatic N) is 1. The molecule has 0 bridgehead atoms. The molecule has 0 atom stereocenters. The molecule has 0 amide bonds. The lowest BCUT2D eigenvalue weighted by atomic mass is 10.00. The van der Waals surface area contributed by atoms with Crippen LogP contribution < -0.4 is 5.32 Å². The highest BCUT2D eigenvalue weighted by atomic mass is 32.1. The predicted molar refractivity (Wildman–Crippen MR) is 81.3 cm³/mol. The number of hydrogen-bond donors (Lipinski definition) is 1. The Bertz CT molecular complexity index is 547. The van der Waals surface area contributed by atoms with E-state index in [-0.39, 0.29) is 0 Å². The van der Waals surface area contributed by atoms with Gasteiger partial charge in [-0.3, -0.25) is 4.90 Å². The normalized spacial score (nSPS) is 15.4. The molecule has 1 N–H and O–H groups in total. The van der Waals surface area contributed by atoms with E-state index in [1.807, 2.05) is 18.4 Å². The SMILES string of the molecule is CNCc1ccc(CN2CCc3ccccc3C2)s1. The van der Waals surface area contributed by atoms with Crippen molar-refractivity contribution >= 4 is 11.3 Å². The number of thiophene rings is 1. The number of fused-ring (bicyclic) bond motifs is 1. The first-order chi connectivity index (χ1) is 9.35. The van der Waals surface area contributed by atoms with Crippen LogP contribution in [0.3, 0.4) is 0 Å². The summed E-state index contributed by atoms with van der Waals surface area (Å²) in [5.74, 6) is 0. The van der Waals surface area contributed by atoms with Gasteiger partial charge in [0.05, 0.1) is 0 Å². The van der Waals surface area contributed by atoms with Crippen LogP contribution in [-0.4, -0.2) is 18.5 Å². The number of nitrogens with one attached hydrogen (secondary N) is 1. The molecule has 2 heterocycles. The van der Waals surface area contributed by atoms with E-state index in [1.165, 1.54) is 33.8 Å². The first kappa shape index (κ1) is 12.9. The molecule has 1 aliphatic heterocycles. The molecule has 1 aromatic carbocycles. The molecule has 0 unspecified atom stereocenters. The summed E-state index contributed by atoms with van der Waals surface area (Å²) < 4.78 is 0. The van der Waals surface area contributed by atoms with Crippen LogP contribution in [-0.2, 0) is 26.1 Å². The smallest absolute Gasteiger partial charge is 0.0331 e. The summed E-state index contributed by atoms with van der Waals surface area (Å²) in [4.78, 5) is 5.46. The number of benzene rings is 1. The van der Waals surface area contributed by atoms with Crippen molar-refractivity contribution < 1.29 is 0 Å². The lowest BCUT2D eigenvalue weighted by molar-refractivity contribution is 0.248. The molecular formula is C16H20N2S. The van der Waals surface area contributed by atoms with Gasteiger partial charge in [-0.25, -0.2) is 0 Å². The maximum atomic E-state index is 3.21. The van der Waals surface area contributed by atoms with E-state index >= 15 is 0 Å². The second-order valence-corrected chi connectivity index (χ2v) is 6.38. The lowest BCUT2D eigenvalue weighted by Crippen LogP contribution is -2.29. The van der Waals surface area contributed by atoms with Crippen molar-refractivity contribution in [1.82, 2.24) is 10.2 Å². The Kier molecular flexibility index (Phi) is 3.97. The van der Waals surface area contributed by atoms with Gasteiger partial charge in [0.1, 0.15) is 0 Å². The molecule has 0 aliphatic carbocycles. The minimum absolute atomic E-state index is 0.980. The van der Waals surface area contributed by atoms with E-state index < -0.39 is 0 Å². The van der Waals surface area contributed by atoms with E-state index in [2.05, 4.69) is 46.6 Å². The maximum Gasteiger partial charge on any atom is 0.0331 e. The minimum Gasteiger partial charge on any atom is -0.315 e. The lowest BCUT2D eigenvalue weighted by Gasteiger charge is -2.28. The molecule has 3 rings (SSSR count). The van der Waals surface area contributed by atoms with Gasteiger partial charge in [0.2, 0.25) is 0 Å². The van der Waals surface area contributed by atoms with Crippen molar-refractivity contribution in [3.63, 3.8) is 0 Å². The van der Waals surface area contributed by atoms with Gasteiger partial charge < -0.3 is 5.32 Å². The van der Waals surface area contributed by atoms with Gasteiger partial charge >= 0.3 is 0 Å². The van der Waals surface area contributed by atoms with Gasteiger partial charge in [-0.2, -0.15) is 0 Å². The summed E-state index contributed by atoms with van der Waals surface area (Å²) in [5, 5.41) is 3.21. The van der Waals surface area contributed by atoms with Crippen molar-refractivity contribution in [3.05, 3.63) is 57.3 Å². The van der Waals surface area contributed by atoms with Gasteiger partial charge in [-0.15, -0.1) is 11.3 Å². The van der Waals surface area contributed by atoms with Gasteiger partial charge in [0.15, 0.2) is 0 Å². The summed E-state index contributed by atoms with van der Waals surface area (Å²) in [6.45, 7) is 4.34. The third kappa shape index (κ3) is 3.06. The van der Waals surface area contributed by atoms with Crippen LogP contribution in [0.15, 0.2) is 36.4 Å². The van der Waals surface area contributed by atoms with E-state index in [4.69, 9.17) is 0 Å². The molecule has 2 aromatic rings. The molecule has 0 radical (unpaired) electrons. The monoisotopic (exact) mass is 272 g/mol. The number of hydrogen-bond acceptors (Lipinski definition) is 3. The van der Waals surface area contributed by atoms with Crippen molar-refractivity contribution in [1.29, 1.82) is 0 Å². The largest absolute Gasteiger partial charge is 0.315 e. The molecule has 0 fully saturated rings. The fourth-order valence-electron chi connectivity index (χ4n) is 2.69. The standard InChI is InChI=1S/C16H20N2S/c1-17-10-15-6-7-16(19-15)12-18-9-8-13-4-2-3-5-14(13)11-18/h2-7,17H,8-12H2,1H3. The fourth-order valence-corrected chi connectivity index (χ4v) is 3.76. The average Bonchev–Trinajstić information content (AvgIpc) is 2.86. The maximum absolute atomic E-state index is 3.21. The molecule has 3 heteroatoms. The van der Waals surface area contributed by atoms with E-state index in [0.717, 1.165) is 19.6 Å². The summed E-state index contributed by atoms with van der Waals surface area (Å²) in [6, 6.07) is 13.4. The van der Waals surface area contributed by atoms with Crippen molar-refractivity contribution in [3.8, 4) is 0 Å². The Morgan fingerprint density at radius 1 is 1.11 bits per heavy atom. The Labute approximate surface area is 119 Å². The second-order valence-electron chi connectivity index (χ2n) is 5.13. The van der Waals surface area contributed by atoms with Crippen molar-refractivity contribution in [2.24, 2.45) is 0 Å². The van der Waals surface area contributed by atoms with Crippen molar-refractivity contribution in [2.45, 2.75) is 26.1 Å². The topological polar surface area (TPSA) is 15.3 Å². The summed E-state index contributed by atoms with van der Waals surface area (Å²) >= 11 is 1.93. The van der Waals surface area contributed by atoms with Gasteiger partial charge in [0.25, 0.3) is 0 Å². The highest BCUT2D eigenvalue weighted by Crippen LogP contribution is 2.23. The Balaban J connectivity index is 1.65. The first-order valence-corrected chi connectivity index (χ1v) is 7.68. The third-order valence-electron chi connectivity index (χ3n) is 3.66. The van der Waals surface area contributed by atoms with Crippen LogP contribution in [0.25, 0.3) is 0 Å². The molecular weight excluding hydrogens is 252 g/mol. The zero-order valence-electron chi connectivity index (χ0n) is 11.4. The van der Waals surface area contributed by atoms with Crippen LogP contribution in [0.5, 0.6) is 0 Å². The molecule has 0 spiro atoms. The fraction of sp³-hybridized carbons (Fsp3) is 0.375. The quantitative estimate of drug-likeness (QED) is 0.920. The van der Waals surface area contributed by atoms with Crippen LogP contribution in [0.4, 0.5) is 0 Å². The van der Waals surface area contributed by atoms with Crippen LogP contribution >= 0.6 is 11.3 Å². The molecule has 1 aliphatic rings. The first-order valence-electron chi connectivity index (χ1n) is 6.86. The zero-order valence-corrected chi connectivity index (χ0v) is 12.2. The summed E-state index contributed by atoms with van der Waals surface area (Å²) in [6.07, 6.45) is 1.19.